The Morgan fingerprint density at radius 2 is 2.19 bits per heavy atom. The van der Waals surface area contributed by atoms with Crippen molar-refractivity contribution in [3.8, 4) is 0 Å². The molecule has 86 valence electrons. The van der Waals surface area contributed by atoms with Crippen molar-refractivity contribution in [1.29, 1.82) is 0 Å². The van der Waals surface area contributed by atoms with Crippen LogP contribution in [0.5, 0.6) is 0 Å². The number of aliphatic hydroxyl groups is 1. The third kappa shape index (κ3) is 1.80. The maximum atomic E-state index is 13.1. The number of rotatable bonds is 3. The van der Waals surface area contributed by atoms with Crippen LogP contribution in [0.25, 0.3) is 10.9 Å². The largest absolute Gasteiger partial charge is 0.396 e. The molecule has 0 aliphatic rings. The van der Waals surface area contributed by atoms with Crippen molar-refractivity contribution in [2.45, 2.75) is 26.3 Å². The van der Waals surface area contributed by atoms with Crippen LogP contribution < -0.4 is 0 Å². The van der Waals surface area contributed by atoms with Gasteiger partial charge in [0, 0.05) is 36.2 Å². The van der Waals surface area contributed by atoms with Crippen molar-refractivity contribution in [1.82, 2.24) is 9.78 Å². The van der Waals surface area contributed by atoms with Crippen LogP contribution >= 0.6 is 0 Å². The highest BCUT2D eigenvalue weighted by molar-refractivity contribution is 5.81. The molecule has 0 atom stereocenters. The molecule has 0 unspecified atom stereocenters. The molecule has 0 saturated heterocycles. The molecular weight excluding hydrogens is 207 g/mol. The summed E-state index contributed by atoms with van der Waals surface area (Å²) in [6.07, 6.45) is 0.542. The highest BCUT2D eigenvalue weighted by atomic mass is 19.1. The molecule has 0 radical (unpaired) electrons. The van der Waals surface area contributed by atoms with Gasteiger partial charge in [-0.05, 0) is 26.0 Å². The molecule has 4 heteroatoms. The fourth-order valence-corrected chi connectivity index (χ4v) is 1.91. The number of halogens is 1. The van der Waals surface area contributed by atoms with E-state index < -0.39 is 0 Å². The predicted octanol–water partition coefficient (Wildman–Crippen LogP) is 2.29. The van der Waals surface area contributed by atoms with Crippen LogP contribution in [0.15, 0.2) is 18.2 Å². The van der Waals surface area contributed by atoms with E-state index in [0.29, 0.717) is 11.9 Å². The number of aromatic nitrogens is 2. The molecule has 0 bridgehead atoms. The molecule has 0 aliphatic heterocycles. The van der Waals surface area contributed by atoms with E-state index in [2.05, 4.69) is 5.10 Å². The molecule has 0 saturated carbocycles. The topological polar surface area (TPSA) is 38.0 Å². The Morgan fingerprint density at radius 1 is 1.44 bits per heavy atom. The van der Waals surface area contributed by atoms with Crippen molar-refractivity contribution in [3.63, 3.8) is 0 Å². The van der Waals surface area contributed by atoms with E-state index in [0.717, 1.165) is 11.1 Å². The van der Waals surface area contributed by atoms with Crippen LogP contribution in [-0.2, 0) is 6.42 Å². The molecule has 0 amide bonds. The van der Waals surface area contributed by atoms with Crippen LogP contribution in [-0.4, -0.2) is 21.5 Å². The first kappa shape index (κ1) is 11.1. The standard InChI is InChI=1S/C12H15FN2O/c1-8(2)15-12(5-6-16)10-4-3-9(13)7-11(10)14-15/h3-4,7-8,16H,5-6H2,1-2H3. The minimum absolute atomic E-state index is 0.0743. The lowest BCUT2D eigenvalue weighted by molar-refractivity contribution is 0.294. The smallest absolute Gasteiger partial charge is 0.125 e. The second kappa shape index (κ2) is 4.22. The molecule has 2 rings (SSSR count). The summed E-state index contributed by atoms with van der Waals surface area (Å²) in [6, 6.07) is 4.78. The maximum absolute atomic E-state index is 13.1. The Balaban J connectivity index is 2.65. The molecule has 0 fully saturated rings. The van der Waals surface area contributed by atoms with Gasteiger partial charge in [0.15, 0.2) is 0 Å². The zero-order valence-electron chi connectivity index (χ0n) is 9.44. The Labute approximate surface area is 93.5 Å². The first-order valence-electron chi connectivity index (χ1n) is 5.41. The number of nitrogens with zero attached hydrogens (tertiary/aromatic N) is 2. The second-order valence-electron chi connectivity index (χ2n) is 4.12. The normalized spacial score (nSPS) is 11.6. The van der Waals surface area contributed by atoms with E-state index in [1.54, 1.807) is 6.07 Å². The molecule has 16 heavy (non-hydrogen) atoms. The number of fused-ring (bicyclic) bond motifs is 1. The summed E-state index contributed by atoms with van der Waals surface area (Å²) >= 11 is 0. The summed E-state index contributed by atoms with van der Waals surface area (Å²) in [5.41, 5.74) is 1.62. The highest BCUT2D eigenvalue weighted by Gasteiger charge is 2.13. The van der Waals surface area contributed by atoms with E-state index >= 15 is 0 Å². The zero-order chi connectivity index (χ0) is 11.7. The van der Waals surface area contributed by atoms with Crippen molar-refractivity contribution < 1.29 is 9.50 Å². The highest BCUT2D eigenvalue weighted by Crippen LogP contribution is 2.22. The van der Waals surface area contributed by atoms with Crippen molar-refractivity contribution >= 4 is 10.9 Å². The lowest BCUT2D eigenvalue weighted by atomic mass is 10.1. The minimum atomic E-state index is -0.281. The van der Waals surface area contributed by atoms with Crippen molar-refractivity contribution in [2.75, 3.05) is 6.61 Å². The van der Waals surface area contributed by atoms with Crippen molar-refractivity contribution in [3.05, 3.63) is 29.7 Å². The average molecular weight is 222 g/mol. The van der Waals surface area contributed by atoms with Crippen LogP contribution in [0, 0.1) is 5.82 Å². The van der Waals surface area contributed by atoms with E-state index in [4.69, 9.17) is 5.11 Å². The number of benzene rings is 1. The Hall–Kier alpha value is -1.42. The van der Waals surface area contributed by atoms with Gasteiger partial charge in [0.1, 0.15) is 5.82 Å². The fourth-order valence-electron chi connectivity index (χ4n) is 1.91. The van der Waals surface area contributed by atoms with Gasteiger partial charge in [0.2, 0.25) is 0 Å². The average Bonchev–Trinajstić information content (AvgIpc) is 2.57. The summed E-state index contributed by atoms with van der Waals surface area (Å²) in [4.78, 5) is 0. The van der Waals surface area contributed by atoms with Gasteiger partial charge in [-0.25, -0.2) is 4.39 Å². The third-order valence-electron chi connectivity index (χ3n) is 2.60. The Morgan fingerprint density at radius 3 is 2.81 bits per heavy atom. The Kier molecular flexibility index (Phi) is 2.92. The quantitative estimate of drug-likeness (QED) is 0.865. The van der Waals surface area contributed by atoms with Crippen LogP contribution in [0.1, 0.15) is 25.6 Å². The van der Waals surface area contributed by atoms with E-state index in [-0.39, 0.29) is 18.5 Å². The Bertz CT molecular complexity index is 505. The molecule has 2 aromatic rings. The van der Waals surface area contributed by atoms with Gasteiger partial charge in [-0.1, -0.05) is 0 Å². The van der Waals surface area contributed by atoms with E-state index in [1.165, 1.54) is 12.1 Å². The lowest BCUT2D eigenvalue weighted by Crippen LogP contribution is -2.08. The van der Waals surface area contributed by atoms with Crippen molar-refractivity contribution in [2.24, 2.45) is 0 Å². The molecule has 1 aromatic heterocycles. The molecule has 1 aromatic carbocycles. The van der Waals surface area contributed by atoms with E-state index in [9.17, 15) is 4.39 Å². The minimum Gasteiger partial charge on any atom is -0.396 e. The van der Waals surface area contributed by atoms with Gasteiger partial charge in [-0.15, -0.1) is 0 Å². The summed E-state index contributed by atoms with van der Waals surface area (Å²) in [5, 5.41) is 14.3. The fraction of sp³-hybridized carbons (Fsp3) is 0.417. The van der Waals surface area contributed by atoms with Gasteiger partial charge in [0.25, 0.3) is 0 Å². The SMILES string of the molecule is CC(C)n1nc2cc(F)ccc2c1CCO. The summed E-state index contributed by atoms with van der Waals surface area (Å²) in [5.74, 6) is -0.281. The van der Waals surface area contributed by atoms with Crippen LogP contribution in [0.3, 0.4) is 0 Å². The van der Waals surface area contributed by atoms with Gasteiger partial charge < -0.3 is 5.11 Å². The molecule has 0 aliphatic carbocycles. The third-order valence-corrected chi connectivity index (χ3v) is 2.60. The van der Waals surface area contributed by atoms with Gasteiger partial charge in [-0.2, -0.15) is 5.10 Å². The summed E-state index contributed by atoms with van der Waals surface area (Å²) in [6.45, 7) is 4.11. The van der Waals surface area contributed by atoms with Crippen LogP contribution in [0.2, 0.25) is 0 Å². The lowest BCUT2D eigenvalue weighted by Gasteiger charge is -2.09. The second-order valence-corrected chi connectivity index (χ2v) is 4.12. The maximum Gasteiger partial charge on any atom is 0.125 e. The van der Waals surface area contributed by atoms with E-state index in [1.807, 2.05) is 18.5 Å². The molecule has 1 N–H and O–H groups in total. The first-order chi connectivity index (χ1) is 7.63. The van der Waals surface area contributed by atoms with Crippen LogP contribution in [0.4, 0.5) is 4.39 Å². The number of hydrogen-bond acceptors (Lipinski definition) is 2. The molecule has 0 spiro atoms. The summed E-state index contributed by atoms with van der Waals surface area (Å²) in [7, 11) is 0. The van der Waals surface area contributed by atoms with Gasteiger partial charge in [-0.3, -0.25) is 4.68 Å². The zero-order valence-corrected chi connectivity index (χ0v) is 9.44. The van der Waals surface area contributed by atoms with Gasteiger partial charge in [0.05, 0.1) is 5.52 Å². The molecule has 1 heterocycles. The molecular formula is C12H15FN2O. The summed E-state index contributed by atoms with van der Waals surface area (Å²) < 4.78 is 14.9. The van der Waals surface area contributed by atoms with Gasteiger partial charge >= 0.3 is 0 Å². The molecule has 3 nitrogen and oxygen atoms in total. The monoisotopic (exact) mass is 222 g/mol. The predicted molar refractivity (Wildman–Crippen MR) is 60.9 cm³/mol. The number of hydrogen-bond donors (Lipinski definition) is 1. The first-order valence-corrected chi connectivity index (χ1v) is 5.41. The number of aliphatic hydroxyl groups excluding tert-OH is 1.